The monoisotopic (exact) mass is 350 g/mol. The van der Waals surface area contributed by atoms with Crippen molar-refractivity contribution < 1.29 is 0 Å². The lowest BCUT2D eigenvalue weighted by atomic mass is 10.2. The number of aryl methyl sites for hydroxylation is 1. The summed E-state index contributed by atoms with van der Waals surface area (Å²) in [5.41, 5.74) is 2.44. The fourth-order valence-corrected chi connectivity index (χ4v) is 3.26. The molecule has 0 aliphatic carbocycles. The fourth-order valence-electron chi connectivity index (χ4n) is 2.08. The van der Waals surface area contributed by atoms with Crippen molar-refractivity contribution in [2.45, 2.75) is 6.92 Å². The molecule has 1 N–H and O–H groups in total. The van der Waals surface area contributed by atoms with E-state index in [1.165, 1.54) is 11.3 Å². The van der Waals surface area contributed by atoms with Gasteiger partial charge in [0.1, 0.15) is 5.69 Å². The minimum atomic E-state index is 0.545. The predicted molar refractivity (Wildman–Crippen MR) is 86.4 cm³/mol. The number of nitrogens with one attached hydrogen (secondary N) is 1. The largest absolute Gasteiger partial charge is 0.282 e. The van der Waals surface area contributed by atoms with E-state index >= 15 is 0 Å². The molecule has 1 aromatic carbocycles. The number of hydrogen-bond acceptors (Lipinski definition) is 5. The van der Waals surface area contributed by atoms with Crippen LogP contribution < -0.4 is 0 Å². The van der Waals surface area contributed by atoms with Crippen molar-refractivity contribution in [3.8, 4) is 22.1 Å². The molecule has 0 unspecified atom stereocenters. The number of fused-ring (bicyclic) bond motifs is 1. The Balaban J connectivity index is 1.89. The summed E-state index contributed by atoms with van der Waals surface area (Å²) in [7, 11) is 0. The van der Waals surface area contributed by atoms with Gasteiger partial charge in [0.15, 0.2) is 10.8 Å². The number of H-pyrrole nitrogens is 1. The number of nitrogens with zero attached hydrogens (tertiary/aromatic N) is 5. The summed E-state index contributed by atoms with van der Waals surface area (Å²) in [6.45, 7) is 1.94. The molecule has 0 aliphatic heterocycles. The van der Waals surface area contributed by atoms with Gasteiger partial charge >= 0.3 is 0 Å². The molecule has 0 saturated heterocycles. The van der Waals surface area contributed by atoms with Crippen LogP contribution in [0.25, 0.3) is 27.1 Å². The minimum Gasteiger partial charge on any atom is -0.282 e. The van der Waals surface area contributed by atoms with E-state index in [1.54, 1.807) is 22.7 Å². The second kappa shape index (κ2) is 5.05. The van der Waals surface area contributed by atoms with Gasteiger partial charge in [0.05, 0.1) is 5.02 Å². The van der Waals surface area contributed by atoms with Gasteiger partial charge in [-0.15, -0.1) is 10.2 Å². The summed E-state index contributed by atoms with van der Waals surface area (Å²) in [6, 6.07) is 7.13. The van der Waals surface area contributed by atoms with Gasteiger partial charge in [-0.2, -0.15) is 14.7 Å². The third-order valence-electron chi connectivity index (χ3n) is 3.09. The van der Waals surface area contributed by atoms with Gasteiger partial charge in [-0.25, -0.2) is 0 Å². The van der Waals surface area contributed by atoms with Crippen LogP contribution in [0.4, 0.5) is 0 Å². The molecule has 0 bridgehead atoms. The van der Waals surface area contributed by atoms with Crippen molar-refractivity contribution in [2.75, 3.05) is 0 Å². The van der Waals surface area contributed by atoms with Gasteiger partial charge < -0.3 is 0 Å². The van der Waals surface area contributed by atoms with Gasteiger partial charge in [0.25, 0.3) is 0 Å². The van der Waals surface area contributed by atoms with E-state index in [0.29, 0.717) is 26.4 Å². The summed E-state index contributed by atoms with van der Waals surface area (Å²) in [5, 5.41) is 21.8. The van der Waals surface area contributed by atoms with E-state index in [-0.39, 0.29) is 0 Å². The summed E-state index contributed by atoms with van der Waals surface area (Å²) in [5.74, 6) is 0.553. The van der Waals surface area contributed by atoms with E-state index < -0.39 is 0 Å². The Bertz CT molecular complexity index is 986. The molecule has 0 spiro atoms. The lowest BCUT2D eigenvalue weighted by Crippen LogP contribution is -1.92. The maximum Gasteiger partial charge on any atom is 0.235 e. The Morgan fingerprint density at radius 2 is 2.05 bits per heavy atom. The van der Waals surface area contributed by atoms with E-state index in [2.05, 4.69) is 25.5 Å². The van der Waals surface area contributed by atoms with E-state index in [1.807, 2.05) is 13.0 Å². The molecule has 110 valence electrons. The molecule has 9 heteroatoms. The first kappa shape index (κ1) is 13.7. The van der Waals surface area contributed by atoms with Gasteiger partial charge in [0.2, 0.25) is 4.96 Å². The number of aromatic nitrogens is 6. The van der Waals surface area contributed by atoms with E-state index in [4.69, 9.17) is 23.2 Å². The Hall–Kier alpha value is -1.96. The standard InChI is InChI=1S/C13H8Cl2N6S/c1-6-4-10(17-16-6)12-20-21-11(18-19-13(21)22-12)8-5-7(14)2-3-9(8)15/h2-5H,1H3,(H,16,17). The van der Waals surface area contributed by atoms with Crippen molar-refractivity contribution in [2.24, 2.45) is 0 Å². The molecule has 0 amide bonds. The maximum absolute atomic E-state index is 6.23. The van der Waals surface area contributed by atoms with Crippen molar-refractivity contribution >= 4 is 39.5 Å². The molecule has 22 heavy (non-hydrogen) atoms. The summed E-state index contributed by atoms with van der Waals surface area (Å²) >= 11 is 13.7. The zero-order valence-electron chi connectivity index (χ0n) is 11.2. The number of halogens is 2. The summed E-state index contributed by atoms with van der Waals surface area (Å²) < 4.78 is 1.65. The fraction of sp³-hybridized carbons (Fsp3) is 0.0769. The zero-order chi connectivity index (χ0) is 15.3. The molecule has 3 aromatic heterocycles. The molecule has 0 fully saturated rings. The average Bonchev–Trinajstić information content (AvgIpc) is 3.16. The smallest absolute Gasteiger partial charge is 0.235 e. The topological polar surface area (TPSA) is 71.8 Å². The zero-order valence-corrected chi connectivity index (χ0v) is 13.5. The van der Waals surface area contributed by atoms with Crippen molar-refractivity contribution in [1.29, 1.82) is 0 Å². The molecule has 4 aromatic rings. The van der Waals surface area contributed by atoms with Crippen LogP contribution in [0.5, 0.6) is 0 Å². The van der Waals surface area contributed by atoms with Crippen LogP contribution in [-0.2, 0) is 0 Å². The highest BCUT2D eigenvalue weighted by Crippen LogP contribution is 2.32. The van der Waals surface area contributed by atoms with Crippen LogP contribution >= 0.6 is 34.5 Å². The summed E-state index contributed by atoms with van der Waals surface area (Å²) in [6.07, 6.45) is 0. The van der Waals surface area contributed by atoms with Gasteiger partial charge in [-0.1, -0.05) is 34.5 Å². The van der Waals surface area contributed by atoms with Gasteiger partial charge in [-0.05, 0) is 31.2 Å². The molecular weight excluding hydrogens is 343 g/mol. The summed E-state index contributed by atoms with van der Waals surface area (Å²) in [4.78, 5) is 0.668. The molecule has 0 atom stereocenters. The third kappa shape index (κ3) is 2.18. The van der Waals surface area contributed by atoms with Crippen molar-refractivity contribution in [1.82, 2.24) is 30.0 Å². The van der Waals surface area contributed by atoms with Crippen LogP contribution in [-0.4, -0.2) is 30.0 Å². The number of hydrogen-bond donors (Lipinski definition) is 1. The Morgan fingerprint density at radius 3 is 2.82 bits per heavy atom. The number of rotatable bonds is 2. The van der Waals surface area contributed by atoms with Crippen LogP contribution in [0.2, 0.25) is 10.0 Å². The normalized spacial score (nSPS) is 11.4. The van der Waals surface area contributed by atoms with Crippen LogP contribution in [0.15, 0.2) is 24.3 Å². The van der Waals surface area contributed by atoms with Crippen molar-refractivity contribution in [3.05, 3.63) is 40.0 Å². The molecule has 4 rings (SSSR count). The van der Waals surface area contributed by atoms with E-state index in [0.717, 1.165) is 16.4 Å². The highest BCUT2D eigenvalue weighted by Gasteiger charge is 2.17. The Labute approximate surface area is 138 Å². The third-order valence-corrected chi connectivity index (χ3v) is 4.57. The number of benzene rings is 1. The Kier molecular flexibility index (Phi) is 3.14. The van der Waals surface area contributed by atoms with Crippen LogP contribution in [0.3, 0.4) is 0 Å². The van der Waals surface area contributed by atoms with Crippen LogP contribution in [0, 0.1) is 6.92 Å². The van der Waals surface area contributed by atoms with Gasteiger partial charge in [0, 0.05) is 16.3 Å². The van der Waals surface area contributed by atoms with E-state index in [9.17, 15) is 0 Å². The lowest BCUT2D eigenvalue weighted by molar-refractivity contribution is 0.962. The van der Waals surface area contributed by atoms with Crippen molar-refractivity contribution in [3.63, 3.8) is 0 Å². The van der Waals surface area contributed by atoms with Crippen LogP contribution in [0.1, 0.15) is 5.69 Å². The maximum atomic E-state index is 6.23. The highest BCUT2D eigenvalue weighted by molar-refractivity contribution is 7.19. The first-order valence-corrected chi connectivity index (χ1v) is 7.89. The number of aromatic amines is 1. The lowest BCUT2D eigenvalue weighted by Gasteiger charge is -2.01. The predicted octanol–water partition coefficient (Wildman–Crippen LogP) is 3.86. The second-order valence-corrected chi connectivity index (χ2v) is 6.49. The Morgan fingerprint density at radius 1 is 1.18 bits per heavy atom. The quantitative estimate of drug-likeness (QED) is 0.595. The molecule has 3 heterocycles. The SMILES string of the molecule is Cc1cc(-c2nn3c(-c4cc(Cl)ccc4Cl)nnc3s2)n[nH]1. The molecule has 0 aliphatic rings. The molecular formula is C13H8Cl2N6S. The molecule has 0 saturated carbocycles. The molecule has 6 nitrogen and oxygen atoms in total. The average molecular weight is 351 g/mol. The second-order valence-electron chi connectivity index (χ2n) is 4.69. The first-order chi connectivity index (χ1) is 10.6. The highest BCUT2D eigenvalue weighted by atomic mass is 35.5. The minimum absolute atomic E-state index is 0.545. The van der Waals surface area contributed by atoms with Gasteiger partial charge in [-0.3, -0.25) is 5.10 Å². The molecule has 0 radical (unpaired) electrons. The first-order valence-electron chi connectivity index (χ1n) is 6.32.